The van der Waals surface area contributed by atoms with Crippen molar-refractivity contribution >= 4 is 77.0 Å². The number of carbonyl (C=O) groups excluding carboxylic acids is 10. The highest BCUT2D eigenvalue weighted by atomic mass is 16.4. The van der Waals surface area contributed by atoms with E-state index in [9.17, 15) is 73.2 Å². The maximum atomic E-state index is 14.1. The highest BCUT2D eigenvalue weighted by molar-refractivity contribution is 5.97. The van der Waals surface area contributed by atoms with Gasteiger partial charge in [-0.2, -0.15) is 0 Å². The van der Waals surface area contributed by atoms with Crippen LogP contribution >= 0.6 is 0 Å². The second kappa shape index (κ2) is 38.6. The first-order valence-electron chi connectivity index (χ1n) is 28.7. The average molecular weight is 1240 g/mol. The van der Waals surface area contributed by atoms with Gasteiger partial charge in [-0.25, -0.2) is 4.79 Å². The number of nitrogens with two attached hydrogens (primary N) is 7. The Hall–Kier alpha value is -9.37. The fourth-order valence-electron chi connectivity index (χ4n) is 9.14. The number of carboxylic acid groups (broad SMARTS) is 1. The predicted molar refractivity (Wildman–Crippen MR) is 319 cm³/mol. The van der Waals surface area contributed by atoms with Crippen LogP contribution < -0.4 is 82.7 Å². The summed E-state index contributed by atoms with van der Waals surface area (Å²) in [7, 11) is 0. The zero-order chi connectivity index (χ0) is 65.3. The van der Waals surface area contributed by atoms with Crippen molar-refractivity contribution in [2.45, 2.75) is 145 Å². The first kappa shape index (κ1) is 72.9. The normalized spacial score (nSPS) is 15.0. The van der Waals surface area contributed by atoms with Gasteiger partial charge in [0.2, 0.25) is 59.1 Å². The fraction of sp³-hybridized carbons (Fsp3) is 0.545. The Morgan fingerprint density at radius 3 is 1.47 bits per heavy atom. The molecule has 3 rings (SSSR count). The monoisotopic (exact) mass is 1240 g/mol. The Bertz CT molecular complexity index is 2730. The lowest BCUT2D eigenvalue weighted by Crippen LogP contribution is -2.59. The number of guanidine groups is 2. The van der Waals surface area contributed by atoms with Crippen molar-refractivity contribution in [3.05, 3.63) is 59.7 Å². The Kier molecular flexibility index (Phi) is 32.0. The molecule has 10 amide bonds. The summed E-state index contributed by atoms with van der Waals surface area (Å²) in [5.41, 5.74) is 39.6. The van der Waals surface area contributed by atoms with Gasteiger partial charge in [-0.15, -0.1) is 0 Å². The minimum atomic E-state index is -1.61. The third-order valence-corrected chi connectivity index (χ3v) is 13.7. The first-order valence-corrected chi connectivity index (χ1v) is 28.7. The van der Waals surface area contributed by atoms with Gasteiger partial charge >= 0.3 is 5.97 Å². The van der Waals surface area contributed by atoms with Crippen molar-refractivity contribution in [3.63, 3.8) is 0 Å². The number of unbranched alkanes of at least 4 members (excludes halogenated alkanes) is 1. The Morgan fingerprint density at radius 1 is 0.523 bits per heavy atom. The Morgan fingerprint density at radius 2 is 0.977 bits per heavy atom. The number of aliphatic hydroxyl groups excluding tert-OH is 1. The molecule has 486 valence electrons. The fourth-order valence-corrected chi connectivity index (χ4v) is 9.14. The first-order chi connectivity index (χ1) is 41.8. The van der Waals surface area contributed by atoms with Crippen LogP contribution in [0.15, 0.2) is 58.5 Å². The van der Waals surface area contributed by atoms with E-state index in [1.54, 1.807) is 12.1 Å². The minimum Gasteiger partial charge on any atom is -0.508 e. The highest BCUT2D eigenvalue weighted by Gasteiger charge is 2.40. The van der Waals surface area contributed by atoms with Crippen molar-refractivity contribution in [1.82, 2.24) is 47.4 Å². The van der Waals surface area contributed by atoms with Gasteiger partial charge in [0.05, 0.1) is 6.61 Å². The second-order valence-corrected chi connectivity index (χ2v) is 20.8. The number of phenolic OH excluding ortho intramolecular Hbond substituents is 2. The molecule has 0 saturated carbocycles. The summed E-state index contributed by atoms with van der Waals surface area (Å²) >= 11 is 0. The van der Waals surface area contributed by atoms with Crippen LogP contribution in [0.1, 0.15) is 94.6 Å². The van der Waals surface area contributed by atoms with Crippen molar-refractivity contribution in [2.24, 2.45) is 50.1 Å². The smallest absolute Gasteiger partial charge is 0.326 e. The van der Waals surface area contributed by atoms with E-state index in [0.29, 0.717) is 30.4 Å². The summed E-state index contributed by atoms with van der Waals surface area (Å²) in [6, 6.07) is 0.403. The molecule has 1 heterocycles. The molecule has 1 aliphatic rings. The predicted octanol–water partition coefficient (Wildman–Crippen LogP) is -6.30. The molecule has 0 bridgehead atoms. The molecule has 0 unspecified atom stereocenters. The molecule has 33 nitrogen and oxygen atoms in total. The van der Waals surface area contributed by atoms with Gasteiger partial charge in [0.1, 0.15) is 59.8 Å². The van der Waals surface area contributed by atoms with Gasteiger partial charge < -0.3 is 108 Å². The molecule has 2 aromatic rings. The van der Waals surface area contributed by atoms with E-state index in [1.807, 2.05) is 0 Å². The van der Waals surface area contributed by atoms with Crippen molar-refractivity contribution in [2.75, 3.05) is 45.9 Å². The molecule has 1 aliphatic heterocycles. The van der Waals surface area contributed by atoms with Gasteiger partial charge in [0.15, 0.2) is 11.9 Å². The molecule has 8 atom stereocenters. The number of aliphatic carboxylic acids is 1. The van der Waals surface area contributed by atoms with Crippen LogP contribution in [0.4, 0.5) is 0 Å². The number of nitrogens with one attached hydrogen (secondary N) is 8. The molecule has 0 aromatic heterocycles. The number of nitrogens with zero attached hydrogens (tertiary/aromatic N) is 3. The maximum Gasteiger partial charge on any atom is 0.326 e. The van der Waals surface area contributed by atoms with Crippen molar-refractivity contribution in [1.29, 1.82) is 0 Å². The van der Waals surface area contributed by atoms with Gasteiger partial charge in [-0.05, 0) is 106 Å². The van der Waals surface area contributed by atoms with Gasteiger partial charge in [-0.3, -0.25) is 57.9 Å². The van der Waals surface area contributed by atoms with Crippen molar-refractivity contribution < 1.29 is 73.2 Å². The van der Waals surface area contributed by atoms with Gasteiger partial charge in [-0.1, -0.05) is 24.3 Å². The number of amides is 10. The largest absolute Gasteiger partial charge is 0.508 e. The third kappa shape index (κ3) is 26.9. The Labute approximate surface area is 507 Å². The number of aliphatic hydroxyl groups is 1. The van der Waals surface area contributed by atoms with E-state index >= 15 is 0 Å². The average Bonchev–Trinajstić information content (AvgIpc) is 4.17. The van der Waals surface area contributed by atoms with E-state index in [0.717, 1.165) is 0 Å². The van der Waals surface area contributed by atoms with E-state index in [-0.39, 0.29) is 120 Å². The molecular formula is C55H86N18O15. The summed E-state index contributed by atoms with van der Waals surface area (Å²) in [4.78, 5) is 157. The van der Waals surface area contributed by atoms with Crippen LogP contribution in [0.5, 0.6) is 11.5 Å². The molecule has 1 fully saturated rings. The van der Waals surface area contributed by atoms with Crippen LogP contribution in [-0.4, -0.2) is 196 Å². The highest BCUT2D eigenvalue weighted by Crippen LogP contribution is 2.21. The SMILES string of the molecule is NCCCC[C@H](NC(=O)[C@H](CO)NC(=O)[C@@H]1CCCN1C(=O)[C@H](Cc1ccc(O)cc1)NC(=O)CCN)C(=O)NCCC(=O)N[C@@H](CCCN=C(N)N)C(=O)N[C@@H](CCC(N)=O)C(=O)N[C@@H](CCCN=C(N)N)C(=O)N[C@@H](Cc1ccc(O)cc1)C(=O)O. The van der Waals surface area contributed by atoms with Crippen LogP contribution in [0.3, 0.4) is 0 Å². The summed E-state index contributed by atoms with van der Waals surface area (Å²) < 4.78 is 0. The van der Waals surface area contributed by atoms with Crippen LogP contribution in [0.25, 0.3) is 0 Å². The van der Waals surface area contributed by atoms with Crippen LogP contribution in [-0.2, 0) is 65.6 Å². The minimum absolute atomic E-state index is 0.00802. The lowest BCUT2D eigenvalue weighted by atomic mass is 10.0. The number of primary amides is 1. The van der Waals surface area contributed by atoms with Crippen LogP contribution in [0.2, 0.25) is 0 Å². The molecule has 88 heavy (non-hydrogen) atoms. The molecule has 0 radical (unpaired) electrons. The number of benzene rings is 2. The van der Waals surface area contributed by atoms with E-state index < -0.39 is 139 Å². The number of aromatic hydroxyl groups is 2. The number of phenols is 2. The molecule has 0 aliphatic carbocycles. The zero-order valence-corrected chi connectivity index (χ0v) is 49.0. The number of hydrogen-bond donors (Lipinski definition) is 19. The van der Waals surface area contributed by atoms with Crippen LogP contribution in [0, 0.1) is 0 Å². The summed E-state index contributed by atoms with van der Waals surface area (Å²) in [6.45, 7) is -0.948. The lowest BCUT2D eigenvalue weighted by Gasteiger charge is -2.30. The molecule has 1 saturated heterocycles. The summed E-state index contributed by atoms with van der Waals surface area (Å²) in [5.74, 6) is -10.3. The maximum absolute atomic E-state index is 14.1. The Balaban J connectivity index is 1.76. The standard InChI is InChI=1S/C55H86N18O15/c56-22-2-1-6-35(68-50(84)41(30-74)72-51(85)42-9-5-27-73(42)52(86)39(67-44(78)20-23-57)28-31-10-14-33(75)15-11-31)46(80)63-26-21-45(79)66-36(7-3-24-64-54(59)60)47(81)70-38(18-19-43(58)77)49(83)69-37(8-4-25-65-55(61)62)48(82)71-40(53(87)88)29-32-12-16-34(76)17-13-32/h10-17,35-42,74-76H,1-9,18-30,56-57H2,(H2,58,77)(H,63,80)(H,66,79)(H,67,78)(H,68,84)(H,69,83)(H,70,81)(H,71,82)(H,72,85)(H,87,88)(H4,59,60,64)(H4,61,62,65)/t35-,36-,37-,38-,39-,40-,41-,42-/m0/s1. The number of likely N-dealkylation sites (tertiary alicyclic amines) is 1. The molecule has 0 spiro atoms. The molecular weight excluding hydrogens is 1150 g/mol. The summed E-state index contributed by atoms with van der Waals surface area (Å²) in [6.07, 6.45) is -0.408. The van der Waals surface area contributed by atoms with E-state index in [2.05, 4.69) is 52.5 Å². The molecule has 26 N–H and O–H groups in total. The molecule has 33 heteroatoms. The zero-order valence-electron chi connectivity index (χ0n) is 49.0. The second-order valence-electron chi connectivity index (χ2n) is 20.8. The van der Waals surface area contributed by atoms with Crippen molar-refractivity contribution in [3.8, 4) is 11.5 Å². The van der Waals surface area contributed by atoms with E-state index in [1.165, 1.54) is 41.3 Å². The number of carboxylic acids is 1. The number of carbonyl (C=O) groups is 11. The van der Waals surface area contributed by atoms with Gasteiger partial charge in [0, 0.05) is 64.8 Å². The lowest BCUT2D eigenvalue weighted by molar-refractivity contribution is -0.142. The number of rotatable bonds is 40. The van der Waals surface area contributed by atoms with Gasteiger partial charge in [0.25, 0.3) is 0 Å². The third-order valence-electron chi connectivity index (χ3n) is 13.7. The topological polar surface area (TPSA) is 575 Å². The number of hydrogen-bond acceptors (Lipinski definition) is 18. The quantitative estimate of drug-likeness (QED) is 0.0168. The molecule has 2 aromatic carbocycles. The van der Waals surface area contributed by atoms with E-state index in [4.69, 9.17) is 40.1 Å². The summed E-state index contributed by atoms with van der Waals surface area (Å²) in [5, 5.41) is 59.9. The number of aliphatic imine (C=N–C) groups is 2.